The van der Waals surface area contributed by atoms with E-state index in [1.165, 1.54) is 17.1 Å². The molecule has 1 N–H and O–H groups in total. The molecule has 0 spiro atoms. The molecule has 8 nitrogen and oxygen atoms in total. The van der Waals surface area contributed by atoms with Gasteiger partial charge in [-0.1, -0.05) is 25.3 Å². The van der Waals surface area contributed by atoms with Crippen molar-refractivity contribution < 1.29 is 29.0 Å². The Kier molecular flexibility index (Phi) is 5.88. The molecule has 3 rings (SSSR count). The van der Waals surface area contributed by atoms with E-state index in [9.17, 15) is 19.5 Å². The average molecular weight is 390 g/mol. The number of nitrogens with zero attached hydrogens (tertiary/aromatic N) is 2. The maximum atomic E-state index is 12.6. The minimum atomic E-state index is -0.785. The zero-order chi connectivity index (χ0) is 20.4. The molecule has 0 radical (unpaired) electrons. The Morgan fingerprint density at radius 3 is 2.61 bits per heavy atom. The number of β-lactam (4-membered cyclic amide) rings is 1. The molecule has 3 aliphatic heterocycles. The molecular formula is C20H26N2O6. The van der Waals surface area contributed by atoms with Gasteiger partial charge in [-0.15, -0.1) is 0 Å². The van der Waals surface area contributed by atoms with Crippen molar-refractivity contribution in [2.24, 2.45) is 11.8 Å². The number of fused-ring (bicyclic) bond motifs is 1. The van der Waals surface area contributed by atoms with Gasteiger partial charge in [0.1, 0.15) is 18.9 Å². The summed E-state index contributed by atoms with van der Waals surface area (Å²) in [5.41, 5.74) is 1.08. The summed E-state index contributed by atoms with van der Waals surface area (Å²) in [6.07, 6.45) is 2.94. The minimum absolute atomic E-state index is 0.0484. The number of hydrogen-bond donors (Lipinski definition) is 1. The predicted molar refractivity (Wildman–Crippen MR) is 99.8 cm³/mol. The van der Waals surface area contributed by atoms with Gasteiger partial charge >= 0.3 is 12.1 Å². The van der Waals surface area contributed by atoms with Crippen LogP contribution in [0.5, 0.6) is 0 Å². The number of carbonyl (C=O) groups is 3. The van der Waals surface area contributed by atoms with Gasteiger partial charge in [0.2, 0.25) is 5.91 Å². The minimum Gasteiger partial charge on any atom is -0.457 e. The number of ether oxygens (including phenoxy) is 2. The Bertz CT molecular complexity index is 728. The molecule has 0 saturated carbocycles. The van der Waals surface area contributed by atoms with Crippen LogP contribution in [-0.2, 0) is 19.1 Å². The molecule has 8 heteroatoms. The summed E-state index contributed by atoms with van der Waals surface area (Å²) < 4.78 is 10.3. The summed E-state index contributed by atoms with van der Waals surface area (Å²) in [7, 11) is 0. The lowest BCUT2D eigenvalue weighted by atomic mass is 9.82. The van der Waals surface area contributed by atoms with Crippen LogP contribution in [0.1, 0.15) is 19.8 Å². The Balaban J connectivity index is 1.80. The number of aliphatic hydroxyl groups is 1. The lowest BCUT2D eigenvalue weighted by Gasteiger charge is -2.44. The van der Waals surface area contributed by atoms with Crippen LogP contribution in [0.15, 0.2) is 36.6 Å². The van der Waals surface area contributed by atoms with Crippen molar-refractivity contribution in [3.8, 4) is 0 Å². The molecule has 2 fully saturated rings. The molecule has 0 aromatic heterocycles. The summed E-state index contributed by atoms with van der Waals surface area (Å²) >= 11 is 0. The van der Waals surface area contributed by atoms with Crippen LogP contribution in [0, 0.1) is 11.8 Å². The molecule has 3 aliphatic rings. The highest BCUT2D eigenvalue weighted by atomic mass is 16.6. The van der Waals surface area contributed by atoms with E-state index in [1.807, 2.05) is 0 Å². The van der Waals surface area contributed by atoms with Crippen LogP contribution in [0.4, 0.5) is 4.79 Å². The summed E-state index contributed by atoms with van der Waals surface area (Å²) in [4.78, 5) is 40.3. The monoisotopic (exact) mass is 390 g/mol. The highest BCUT2D eigenvalue weighted by Crippen LogP contribution is 2.47. The van der Waals surface area contributed by atoms with Crippen molar-refractivity contribution in [3.63, 3.8) is 0 Å². The fraction of sp³-hybridized carbons (Fsp3) is 0.550. The van der Waals surface area contributed by atoms with Crippen molar-refractivity contribution in [1.29, 1.82) is 0 Å². The lowest BCUT2D eigenvalue weighted by molar-refractivity contribution is -0.162. The van der Waals surface area contributed by atoms with Crippen LogP contribution in [0.25, 0.3) is 0 Å². The second kappa shape index (κ2) is 8.18. The van der Waals surface area contributed by atoms with Gasteiger partial charge in [-0.3, -0.25) is 4.79 Å². The van der Waals surface area contributed by atoms with E-state index in [2.05, 4.69) is 13.2 Å². The first kappa shape index (κ1) is 20.1. The van der Waals surface area contributed by atoms with Gasteiger partial charge in [0.15, 0.2) is 0 Å². The van der Waals surface area contributed by atoms with Gasteiger partial charge in [-0.25, -0.2) is 9.59 Å². The van der Waals surface area contributed by atoms with Crippen molar-refractivity contribution in [3.05, 3.63) is 36.6 Å². The van der Waals surface area contributed by atoms with Crippen LogP contribution in [-0.4, -0.2) is 71.3 Å². The van der Waals surface area contributed by atoms with Crippen molar-refractivity contribution in [2.75, 3.05) is 26.3 Å². The molecule has 152 valence electrons. The molecule has 0 aromatic rings. The Labute approximate surface area is 164 Å². The first-order valence-corrected chi connectivity index (χ1v) is 9.45. The summed E-state index contributed by atoms with van der Waals surface area (Å²) in [6, 6.07) is -0.240. The smallest absolute Gasteiger partial charge is 0.410 e. The van der Waals surface area contributed by atoms with Gasteiger partial charge in [0, 0.05) is 19.0 Å². The zero-order valence-corrected chi connectivity index (χ0v) is 16.0. The van der Waals surface area contributed by atoms with Crippen molar-refractivity contribution in [2.45, 2.75) is 31.9 Å². The second-order valence-corrected chi connectivity index (χ2v) is 7.30. The SMILES string of the molecule is C=CCOC(=O)C1=C([C@H]2CCN(C(=O)OCC=C)C2)C[C@@H]2[C@@H]([C@@H](C)O)C(=O)N12. The highest BCUT2D eigenvalue weighted by Gasteiger charge is 2.57. The van der Waals surface area contributed by atoms with E-state index in [0.29, 0.717) is 25.9 Å². The van der Waals surface area contributed by atoms with E-state index in [1.54, 1.807) is 11.8 Å². The third-order valence-electron chi connectivity index (χ3n) is 5.55. The molecule has 4 atom stereocenters. The van der Waals surface area contributed by atoms with Crippen molar-refractivity contribution in [1.82, 2.24) is 9.80 Å². The second-order valence-electron chi connectivity index (χ2n) is 7.30. The number of amides is 2. The van der Waals surface area contributed by atoms with Crippen LogP contribution >= 0.6 is 0 Å². The fourth-order valence-electron chi connectivity index (χ4n) is 4.29. The van der Waals surface area contributed by atoms with E-state index in [4.69, 9.17) is 9.47 Å². The van der Waals surface area contributed by atoms with Gasteiger partial charge in [-0.2, -0.15) is 0 Å². The van der Waals surface area contributed by atoms with E-state index >= 15 is 0 Å². The summed E-state index contributed by atoms with van der Waals surface area (Å²) in [5.74, 6) is -1.41. The number of rotatable bonds is 7. The summed E-state index contributed by atoms with van der Waals surface area (Å²) in [6.45, 7) is 9.76. The van der Waals surface area contributed by atoms with Crippen LogP contribution in [0.3, 0.4) is 0 Å². The van der Waals surface area contributed by atoms with Crippen molar-refractivity contribution >= 4 is 18.0 Å². The molecule has 0 aromatic carbocycles. The topological polar surface area (TPSA) is 96.4 Å². The number of carbonyl (C=O) groups excluding carboxylic acids is 3. The van der Waals surface area contributed by atoms with Gasteiger partial charge < -0.3 is 24.4 Å². The molecule has 3 heterocycles. The largest absolute Gasteiger partial charge is 0.457 e. The van der Waals surface area contributed by atoms with Crippen LogP contribution in [0.2, 0.25) is 0 Å². The first-order chi connectivity index (χ1) is 13.4. The molecule has 0 unspecified atom stereocenters. The third-order valence-corrected chi connectivity index (χ3v) is 5.55. The van der Waals surface area contributed by atoms with Crippen LogP contribution < -0.4 is 0 Å². The molecule has 28 heavy (non-hydrogen) atoms. The Morgan fingerprint density at radius 2 is 1.96 bits per heavy atom. The molecular weight excluding hydrogens is 364 g/mol. The van der Waals surface area contributed by atoms with E-state index in [-0.39, 0.29) is 36.8 Å². The molecule has 2 saturated heterocycles. The average Bonchev–Trinajstić information content (AvgIpc) is 3.26. The zero-order valence-electron chi connectivity index (χ0n) is 16.0. The normalized spacial score (nSPS) is 27.2. The van der Waals surface area contributed by atoms with Gasteiger partial charge in [-0.05, 0) is 25.3 Å². The Morgan fingerprint density at radius 1 is 1.29 bits per heavy atom. The van der Waals surface area contributed by atoms with Gasteiger partial charge in [0.25, 0.3) is 0 Å². The summed E-state index contributed by atoms with van der Waals surface area (Å²) in [5, 5.41) is 9.93. The Hall–Kier alpha value is -2.61. The quantitative estimate of drug-likeness (QED) is 0.399. The predicted octanol–water partition coefficient (Wildman–Crippen LogP) is 1.23. The van der Waals surface area contributed by atoms with E-state index in [0.717, 1.165) is 5.57 Å². The highest BCUT2D eigenvalue weighted by molar-refractivity contribution is 6.00. The fourth-order valence-corrected chi connectivity index (χ4v) is 4.29. The number of hydrogen-bond acceptors (Lipinski definition) is 6. The van der Waals surface area contributed by atoms with E-state index < -0.39 is 24.1 Å². The maximum absolute atomic E-state index is 12.6. The van der Waals surface area contributed by atoms with Gasteiger partial charge in [0.05, 0.1) is 18.1 Å². The third kappa shape index (κ3) is 3.44. The maximum Gasteiger partial charge on any atom is 0.410 e. The molecule has 0 bridgehead atoms. The number of likely N-dealkylation sites (tertiary alicyclic amines) is 1. The lowest BCUT2D eigenvalue weighted by Crippen LogP contribution is -2.61. The standard InChI is InChI=1S/C20H26N2O6/c1-4-8-27-19(25)17-14(10-15-16(12(3)23)18(24)22(15)17)13-6-7-21(11-13)20(26)28-9-5-2/h4-5,12-13,15-16,23H,1-2,6-11H2,3H3/t12-,13+,15-,16-/m1/s1. The first-order valence-electron chi connectivity index (χ1n) is 9.45. The number of esters is 1. The molecule has 2 amide bonds. The molecule has 0 aliphatic carbocycles. The number of aliphatic hydroxyl groups excluding tert-OH is 1.